The van der Waals surface area contributed by atoms with Crippen molar-refractivity contribution in [2.75, 3.05) is 0 Å². The summed E-state index contributed by atoms with van der Waals surface area (Å²) in [6, 6.07) is 60.7. The molecule has 0 aliphatic carbocycles. The first kappa shape index (κ1) is 27.2. The van der Waals surface area contributed by atoms with E-state index in [-0.39, 0.29) is 0 Å². The van der Waals surface area contributed by atoms with Crippen LogP contribution >= 0.6 is 0 Å². The molecule has 0 saturated heterocycles. The van der Waals surface area contributed by atoms with Crippen molar-refractivity contribution < 1.29 is 0 Å². The van der Waals surface area contributed by atoms with Crippen molar-refractivity contribution >= 4 is 76.1 Å². The van der Waals surface area contributed by atoms with Gasteiger partial charge >= 0.3 is 0 Å². The van der Waals surface area contributed by atoms with Crippen LogP contribution in [0.15, 0.2) is 170 Å². The van der Waals surface area contributed by atoms with Gasteiger partial charge in [-0.15, -0.1) is 0 Å². The molecule has 0 amide bonds. The number of fused-ring (bicyclic) bond motifs is 9. The lowest BCUT2D eigenvalue weighted by Gasteiger charge is -2.15. The van der Waals surface area contributed by atoms with Gasteiger partial charge in [-0.05, 0) is 70.1 Å². The third-order valence-electron chi connectivity index (χ3n) is 10.3. The van der Waals surface area contributed by atoms with Crippen LogP contribution in [0.2, 0.25) is 0 Å². The molecule has 11 aromatic rings. The van der Waals surface area contributed by atoms with Crippen molar-refractivity contribution in [1.82, 2.24) is 19.1 Å². The van der Waals surface area contributed by atoms with E-state index < -0.39 is 0 Å². The average molecular weight is 637 g/mol. The molecule has 4 nitrogen and oxygen atoms in total. The summed E-state index contributed by atoms with van der Waals surface area (Å²) in [5.41, 5.74) is 8.48. The maximum absolute atomic E-state index is 5.54. The summed E-state index contributed by atoms with van der Waals surface area (Å²) in [4.78, 5) is 10.8. The predicted octanol–water partition coefficient (Wildman–Crippen LogP) is 11.8. The van der Waals surface area contributed by atoms with Gasteiger partial charge in [-0.2, -0.15) is 0 Å². The van der Waals surface area contributed by atoms with Crippen molar-refractivity contribution in [3.63, 3.8) is 0 Å². The zero-order chi connectivity index (χ0) is 32.8. The lowest BCUT2D eigenvalue weighted by atomic mass is 10.0. The first-order chi connectivity index (χ1) is 24.8. The van der Waals surface area contributed by atoms with Crippen LogP contribution in [-0.4, -0.2) is 19.1 Å². The third-order valence-corrected chi connectivity index (χ3v) is 10.3. The summed E-state index contributed by atoms with van der Waals surface area (Å²) in [6.07, 6.45) is 0. The van der Waals surface area contributed by atoms with Crippen LogP contribution < -0.4 is 0 Å². The topological polar surface area (TPSA) is 35.6 Å². The molecule has 0 atom stereocenters. The number of hydrogen-bond donors (Lipinski definition) is 0. The van der Waals surface area contributed by atoms with Crippen LogP contribution in [-0.2, 0) is 0 Å². The second-order valence-corrected chi connectivity index (χ2v) is 13.0. The van der Waals surface area contributed by atoms with E-state index in [9.17, 15) is 0 Å². The molecule has 3 aromatic heterocycles. The highest BCUT2D eigenvalue weighted by molar-refractivity contribution is 6.18. The molecule has 11 rings (SSSR count). The van der Waals surface area contributed by atoms with Gasteiger partial charge in [-0.1, -0.05) is 121 Å². The molecule has 4 heteroatoms. The van der Waals surface area contributed by atoms with Crippen LogP contribution in [0.25, 0.3) is 99.0 Å². The molecule has 0 unspecified atom stereocenters. The highest BCUT2D eigenvalue weighted by Gasteiger charge is 2.22. The molecule has 8 aromatic carbocycles. The van der Waals surface area contributed by atoms with Gasteiger partial charge in [0.25, 0.3) is 0 Å². The second-order valence-electron chi connectivity index (χ2n) is 13.0. The molecule has 50 heavy (non-hydrogen) atoms. The van der Waals surface area contributed by atoms with Gasteiger partial charge in [0.05, 0.1) is 33.3 Å². The van der Waals surface area contributed by atoms with E-state index in [0.717, 1.165) is 44.4 Å². The van der Waals surface area contributed by atoms with Crippen LogP contribution in [0.1, 0.15) is 0 Å². The van der Waals surface area contributed by atoms with Gasteiger partial charge in [0, 0.05) is 38.2 Å². The quantitative estimate of drug-likeness (QED) is 0.193. The number of benzene rings is 8. The van der Waals surface area contributed by atoms with Gasteiger partial charge in [0.2, 0.25) is 5.95 Å². The Morgan fingerprint density at radius 2 is 0.920 bits per heavy atom. The highest BCUT2D eigenvalue weighted by atomic mass is 15.2. The molecule has 0 bridgehead atoms. The Bertz CT molecular complexity index is 3150. The minimum Gasteiger partial charge on any atom is -0.309 e. The molecule has 0 N–H and O–H groups in total. The molecule has 0 aliphatic rings. The smallest absolute Gasteiger partial charge is 0.235 e. The summed E-state index contributed by atoms with van der Waals surface area (Å²) < 4.78 is 4.65. The van der Waals surface area contributed by atoms with E-state index in [4.69, 9.17) is 9.97 Å². The molecule has 0 fully saturated rings. The zero-order valence-electron chi connectivity index (χ0n) is 27.0. The summed E-state index contributed by atoms with van der Waals surface area (Å²) in [7, 11) is 0. The summed E-state index contributed by atoms with van der Waals surface area (Å²) in [5, 5.41) is 10.7. The molecule has 0 saturated carbocycles. The molecule has 0 aliphatic heterocycles. The van der Waals surface area contributed by atoms with E-state index in [0.29, 0.717) is 5.95 Å². The van der Waals surface area contributed by atoms with Gasteiger partial charge in [0.1, 0.15) is 0 Å². The number of rotatable bonds is 3. The third kappa shape index (κ3) is 3.87. The lowest BCUT2D eigenvalue weighted by Crippen LogP contribution is -2.04. The SMILES string of the molecule is c1ccc(-n2c3cc4ccccc4cc3c3cccc(-c4nc(-n5c6ccccc6c6cc7ccccc7cc65)nc5ccccc45)c32)cc1. The molecular formula is C46H28N4. The Hall–Kier alpha value is -6.78. The Morgan fingerprint density at radius 3 is 1.66 bits per heavy atom. The monoisotopic (exact) mass is 636 g/mol. The summed E-state index contributed by atoms with van der Waals surface area (Å²) in [6.45, 7) is 0. The first-order valence-corrected chi connectivity index (χ1v) is 17.0. The zero-order valence-corrected chi connectivity index (χ0v) is 27.0. The Balaban J connectivity index is 1.28. The number of hydrogen-bond acceptors (Lipinski definition) is 2. The molecule has 232 valence electrons. The van der Waals surface area contributed by atoms with Crippen LogP contribution in [0.5, 0.6) is 0 Å². The molecule has 3 heterocycles. The van der Waals surface area contributed by atoms with E-state index in [1.807, 2.05) is 0 Å². The van der Waals surface area contributed by atoms with Gasteiger partial charge < -0.3 is 4.57 Å². The van der Waals surface area contributed by atoms with Crippen molar-refractivity contribution in [3.8, 4) is 22.9 Å². The standard InChI is InChI=1S/C46H28N4/c1-2-17-33(18-3-1)49-42-27-31-15-6-5-14-30(31)26-39(42)35-21-12-22-37(45(35)49)44-36-20-8-10-23-40(36)47-46(48-44)50-41-24-11-9-19-34(41)38-25-29-13-4-7-16-32(29)28-43(38)50/h1-28H. The number of aromatic nitrogens is 4. The van der Waals surface area contributed by atoms with Crippen LogP contribution in [0, 0.1) is 0 Å². The van der Waals surface area contributed by atoms with Gasteiger partial charge in [-0.3, -0.25) is 4.57 Å². The predicted molar refractivity (Wildman–Crippen MR) is 209 cm³/mol. The van der Waals surface area contributed by atoms with E-state index in [1.54, 1.807) is 0 Å². The number of nitrogens with zero attached hydrogens (tertiary/aromatic N) is 4. The fourth-order valence-corrected chi connectivity index (χ4v) is 8.03. The second kappa shape index (κ2) is 10.4. The highest BCUT2D eigenvalue weighted by Crippen LogP contribution is 2.42. The molecular weight excluding hydrogens is 609 g/mol. The minimum absolute atomic E-state index is 0.658. The largest absolute Gasteiger partial charge is 0.309 e. The fourth-order valence-electron chi connectivity index (χ4n) is 8.03. The lowest BCUT2D eigenvalue weighted by molar-refractivity contribution is 1.01. The summed E-state index contributed by atoms with van der Waals surface area (Å²) in [5.74, 6) is 0.658. The maximum atomic E-state index is 5.54. The molecule has 0 spiro atoms. The summed E-state index contributed by atoms with van der Waals surface area (Å²) >= 11 is 0. The van der Waals surface area contributed by atoms with Crippen LogP contribution in [0.4, 0.5) is 0 Å². The van der Waals surface area contributed by atoms with Crippen molar-refractivity contribution in [2.24, 2.45) is 0 Å². The first-order valence-electron chi connectivity index (χ1n) is 17.0. The minimum atomic E-state index is 0.658. The van der Waals surface area contributed by atoms with E-state index in [1.165, 1.54) is 48.6 Å². The average Bonchev–Trinajstić information content (AvgIpc) is 3.68. The number of para-hydroxylation sites is 4. The van der Waals surface area contributed by atoms with Crippen molar-refractivity contribution in [3.05, 3.63) is 170 Å². The fraction of sp³-hybridized carbons (Fsp3) is 0. The van der Waals surface area contributed by atoms with Gasteiger partial charge in [-0.25, -0.2) is 9.97 Å². The van der Waals surface area contributed by atoms with E-state index in [2.05, 4.69) is 179 Å². The Kier molecular flexibility index (Phi) is 5.63. The van der Waals surface area contributed by atoms with Gasteiger partial charge in [0.15, 0.2) is 0 Å². The van der Waals surface area contributed by atoms with Crippen molar-refractivity contribution in [2.45, 2.75) is 0 Å². The maximum Gasteiger partial charge on any atom is 0.235 e. The molecule has 0 radical (unpaired) electrons. The Morgan fingerprint density at radius 1 is 0.360 bits per heavy atom. The van der Waals surface area contributed by atoms with Crippen molar-refractivity contribution in [1.29, 1.82) is 0 Å². The van der Waals surface area contributed by atoms with Crippen LogP contribution in [0.3, 0.4) is 0 Å². The normalized spacial score (nSPS) is 12.0. The van der Waals surface area contributed by atoms with E-state index >= 15 is 0 Å². The Labute approximate surface area is 287 Å².